The monoisotopic (exact) mass is 330 g/mol. The summed E-state index contributed by atoms with van der Waals surface area (Å²) in [7, 11) is 0. The number of rotatable bonds is 2. The summed E-state index contributed by atoms with van der Waals surface area (Å²) in [6.45, 7) is 2.51. The number of nitrogens with zero attached hydrogens (tertiary/aromatic N) is 3. The zero-order chi connectivity index (χ0) is 16.8. The first-order valence-corrected chi connectivity index (χ1v) is 9.00. The molecule has 1 saturated carbocycles. The normalized spacial score (nSPS) is 19.7. The van der Waals surface area contributed by atoms with E-state index in [1.165, 1.54) is 19.3 Å². The molecule has 0 atom stereocenters. The van der Waals surface area contributed by atoms with Crippen molar-refractivity contribution in [3.8, 4) is 0 Å². The zero-order valence-electron chi connectivity index (χ0n) is 14.1. The second-order valence-corrected chi connectivity index (χ2v) is 6.63. The van der Waals surface area contributed by atoms with Crippen LogP contribution in [0, 0.1) is 0 Å². The molecular formula is C18H26N4O2. The first-order valence-electron chi connectivity index (χ1n) is 9.00. The van der Waals surface area contributed by atoms with Crippen LogP contribution in [0.4, 0.5) is 4.79 Å². The van der Waals surface area contributed by atoms with Gasteiger partial charge >= 0.3 is 6.03 Å². The molecule has 1 aliphatic carbocycles. The van der Waals surface area contributed by atoms with Gasteiger partial charge in [-0.15, -0.1) is 0 Å². The van der Waals surface area contributed by atoms with Gasteiger partial charge in [0.1, 0.15) is 5.69 Å². The molecule has 0 unspecified atom stereocenters. The minimum atomic E-state index is -0.0508. The Kier molecular flexibility index (Phi) is 5.67. The third-order valence-electron chi connectivity index (χ3n) is 4.89. The van der Waals surface area contributed by atoms with E-state index >= 15 is 0 Å². The van der Waals surface area contributed by atoms with E-state index in [9.17, 15) is 9.59 Å². The number of pyridine rings is 1. The molecule has 2 aliphatic rings. The van der Waals surface area contributed by atoms with Gasteiger partial charge in [0.2, 0.25) is 0 Å². The number of aromatic nitrogens is 1. The van der Waals surface area contributed by atoms with Crippen molar-refractivity contribution in [3.63, 3.8) is 0 Å². The second-order valence-electron chi connectivity index (χ2n) is 6.63. The molecule has 1 aromatic heterocycles. The summed E-state index contributed by atoms with van der Waals surface area (Å²) in [4.78, 5) is 32.7. The van der Waals surface area contributed by atoms with E-state index in [2.05, 4.69) is 10.3 Å². The molecule has 130 valence electrons. The Morgan fingerprint density at radius 1 is 0.958 bits per heavy atom. The van der Waals surface area contributed by atoms with Crippen LogP contribution in [0.2, 0.25) is 0 Å². The van der Waals surface area contributed by atoms with Crippen molar-refractivity contribution in [2.24, 2.45) is 0 Å². The summed E-state index contributed by atoms with van der Waals surface area (Å²) in [5.41, 5.74) is 0.470. The van der Waals surface area contributed by atoms with Crippen molar-refractivity contribution in [1.82, 2.24) is 20.1 Å². The number of carbonyl (C=O) groups excluding carboxylic acids is 2. The van der Waals surface area contributed by atoms with E-state index < -0.39 is 0 Å². The molecule has 6 nitrogen and oxygen atoms in total. The highest BCUT2D eigenvalue weighted by molar-refractivity contribution is 5.92. The predicted octanol–water partition coefficient (Wildman–Crippen LogP) is 2.27. The molecule has 1 aliphatic heterocycles. The molecule has 3 amide bonds. The number of amides is 3. The molecule has 1 saturated heterocycles. The van der Waals surface area contributed by atoms with E-state index in [0.717, 1.165) is 19.3 Å². The predicted molar refractivity (Wildman–Crippen MR) is 91.7 cm³/mol. The Balaban J connectivity index is 1.52. The van der Waals surface area contributed by atoms with Gasteiger partial charge in [0.15, 0.2) is 0 Å². The maximum Gasteiger partial charge on any atom is 0.317 e. The Hall–Kier alpha value is -2.11. The van der Waals surface area contributed by atoms with Gasteiger partial charge in [0.25, 0.3) is 5.91 Å². The first-order chi connectivity index (χ1) is 11.7. The fraction of sp³-hybridized carbons (Fsp3) is 0.611. The summed E-state index contributed by atoms with van der Waals surface area (Å²) in [6.07, 6.45) is 8.30. The van der Waals surface area contributed by atoms with E-state index in [1.54, 1.807) is 23.2 Å². The maximum atomic E-state index is 12.5. The molecule has 0 bridgehead atoms. The topological polar surface area (TPSA) is 65.5 Å². The highest BCUT2D eigenvalue weighted by atomic mass is 16.2. The van der Waals surface area contributed by atoms with Gasteiger partial charge in [0, 0.05) is 38.4 Å². The van der Waals surface area contributed by atoms with Crippen molar-refractivity contribution in [3.05, 3.63) is 30.1 Å². The Morgan fingerprint density at radius 2 is 1.71 bits per heavy atom. The fourth-order valence-corrected chi connectivity index (χ4v) is 3.49. The van der Waals surface area contributed by atoms with Crippen LogP contribution in [-0.4, -0.2) is 58.9 Å². The van der Waals surface area contributed by atoms with Crippen LogP contribution in [-0.2, 0) is 0 Å². The quantitative estimate of drug-likeness (QED) is 0.905. The van der Waals surface area contributed by atoms with E-state index in [-0.39, 0.29) is 11.9 Å². The summed E-state index contributed by atoms with van der Waals surface area (Å²) in [5.74, 6) is -0.0508. The van der Waals surface area contributed by atoms with Crippen LogP contribution in [0.5, 0.6) is 0 Å². The van der Waals surface area contributed by atoms with Crippen LogP contribution in [0.15, 0.2) is 24.4 Å². The average Bonchev–Trinajstić information content (AvgIpc) is 2.89. The summed E-state index contributed by atoms with van der Waals surface area (Å²) >= 11 is 0. The zero-order valence-corrected chi connectivity index (χ0v) is 14.1. The smallest absolute Gasteiger partial charge is 0.317 e. The lowest BCUT2D eigenvalue weighted by atomic mass is 9.96. The Labute approximate surface area is 143 Å². The SMILES string of the molecule is O=C(NC1CCCCC1)N1CCCN(C(=O)c2ccccn2)CC1. The lowest BCUT2D eigenvalue weighted by Gasteiger charge is -2.27. The molecule has 0 aromatic carbocycles. The van der Waals surface area contributed by atoms with E-state index in [0.29, 0.717) is 37.9 Å². The van der Waals surface area contributed by atoms with Gasteiger partial charge < -0.3 is 15.1 Å². The number of carbonyl (C=O) groups is 2. The maximum absolute atomic E-state index is 12.5. The summed E-state index contributed by atoms with van der Waals surface area (Å²) in [6, 6.07) is 5.70. The molecule has 1 aromatic rings. The van der Waals surface area contributed by atoms with Crippen molar-refractivity contribution >= 4 is 11.9 Å². The highest BCUT2D eigenvalue weighted by Crippen LogP contribution is 2.18. The molecule has 1 N–H and O–H groups in total. The van der Waals surface area contributed by atoms with Crippen molar-refractivity contribution < 1.29 is 9.59 Å². The van der Waals surface area contributed by atoms with Crippen LogP contribution >= 0.6 is 0 Å². The Morgan fingerprint density at radius 3 is 2.46 bits per heavy atom. The van der Waals surface area contributed by atoms with Gasteiger partial charge in [-0.25, -0.2) is 4.79 Å². The number of urea groups is 1. The van der Waals surface area contributed by atoms with Crippen molar-refractivity contribution in [1.29, 1.82) is 0 Å². The van der Waals surface area contributed by atoms with Gasteiger partial charge in [-0.05, 0) is 31.4 Å². The van der Waals surface area contributed by atoms with Gasteiger partial charge in [0.05, 0.1) is 0 Å². The van der Waals surface area contributed by atoms with Gasteiger partial charge in [-0.2, -0.15) is 0 Å². The molecule has 3 rings (SSSR count). The summed E-state index contributed by atoms with van der Waals surface area (Å²) < 4.78 is 0. The van der Waals surface area contributed by atoms with Crippen LogP contribution in [0.1, 0.15) is 49.0 Å². The number of hydrogen-bond acceptors (Lipinski definition) is 3. The standard InChI is InChI=1S/C18H26N4O2/c23-17(16-9-4-5-10-19-16)21-11-6-12-22(14-13-21)18(24)20-15-7-2-1-3-8-15/h4-5,9-10,15H,1-3,6-8,11-14H2,(H,20,24). The lowest BCUT2D eigenvalue weighted by molar-refractivity contribution is 0.0756. The number of nitrogens with one attached hydrogen (secondary N) is 1. The lowest BCUT2D eigenvalue weighted by Crippen LogP contribution is -2.47. The van der Waals surface area contributed by atoms with Gasteiger partial charge in [-0.1, -0.05) is 25.3 Å². The first kappa shape index (κ1) is 16.7. The average molecular weight is 330 g/mol. The van der Waals surface area contributed by atoms with E-state index in [1.807, 2.05) is 11.0 Å². The molecule has 24 heavy (non-hydrogen) atoms. The molecular weight excluding hydrogens is 304 g/mol. The third-order valence-corrected chi connectivity index (χ3v) is 4.89. The molecule has 6 heteroatoms. The highest BCUT2D eigenvalue weighted by Gasteiger charge is 2.25. The number of hydrogen-bond donors (Lipinski definition) is 1. The molecule has 0 radical (unpaired) electrons. The van der Waals surface area contributed by atoms with Gasteiger partial charge in [-0.3, -0.25) is 9.78 Å². The largest absolute Gasteiger partial charge is 0.335 e. The van der Waals surface area contributed by atoms with E-state index in [4.69, 9.17) is 0 Å². The Bertz CT molecular complexity index is 557. The second kappa shape index (κ2) is 8.13. The minimum Gasteiger partial charge on any atom is -0.335 e. The molecule has 2 heterocycles. The van der Waals surface area contributed by atoms with Crippen LogP contribution in [0.3, 0.4) is 0 Å². The van der Waals surface area contributed by atoms with Crippen molar-refractivity contribution in [2.75, 3.05) is 26.2 Å². The summed E-state index contributed by atoms with van der Waals surface area (Å²) in [5, 5.41) is 3.16. The van der Waals surface area contributed by atoms with Crippen LogP contribution < -0.4 is 5.32 Å². The molecule has 0 spiro atoms. The molecule has 2 fully saturated rings. The third kappa shape index (κ3) is 4.24. The minimum absolute atomic E-state index is 0.0223. The fourth-order valence-electron chi connectivity index (χ4n) is 3.49. The van der Waals surface area contributed by atoms with Crippen molar-refractivity contribution in [2.45, 2.75) is 44.6 Å². The van der Waals surface area contributed by atoms with Crippen LogP contribution in [0.25, 0.3) is 0 Å².